The van der Waals surface area contributed by atoms with E-state index in [1.54, 1.807) is 13.8 Å². The van der Waals surface area contributed by atoms with Crippen LogP contribution in [-0.2, 0) is 11.3 Å². The molecule has 0 bridgehead atoms. The van der Waals surface area contributed by atoms with Crippen LogP contribution >= 0.6 is 11.5 Å². The van der Waals surface area contributed by atoms with Crippen LogP contribution in [0.15, 0.2) is 18.3 Å². The van der Waals surface area contributed by atoms with E-state index in [-0.39, 0.29) is 5.97 Å². The summed E-state index contributed by atoms with van der Waals surface area (Å²) in [6.07, 6.45) is 1.82. The smallest absolute Gasteiger partial charge is 0.343 e. The first-order chi connectivity index (χ1) is 9.61. The number of hydrogen-bond acceptors (Lipinski definition) is 6. The largest absolute Gasteiger partial charge is 0.462 e. The van der Waals surface area contributed by atoms with E-state index in [2.05, 4.69) is 14.7 Å². The first-order valence-electron chi connectivity index (χ1n) is 6.40. The van der Waals surface area contributed by atoms with Gasteiger partial charge in [0.05, 0.1) is 12.3 Å². The number of ether oxygens (including phenoxy) is 1. The van der Waals surface area contributed by atoms with Crippen molar-refractivity contribution in [2.45, 2.75) is 27.3 Å². The fourth-order valence-corrected chi connectivity index (χ4v) is 2.50. The maximum Gasteiger partial charge on any atom is 0.343 e. The number of aromatic nitrogens is 2. The molecule has 0 aliphatic rings. The number of nitrogens with one attached hydrogen (secondary N) is 1. The van der Waals surface area contributed by atoms with Gasteiger partial charge in [0.15, 0.2) is 0 Å². The fourth-order valence-electron chi connectivity index (χ4n) is 1.72. The molecule has 2 aromatic heterocycles. The average Bonchev–Trinajstić information content (AvgIpc) is 2.79. The molecule has 0 spiro atoms. The topological polar surface area (TPSA) is 64.1 Å². The van der Waals surface area contributed by atoms with E-state index >= 15 is 0 Å². The highest BCUT2D eigenvalue weighted by atomic mass is 32.1. The van der Waals surface area contributed by atoms with Gasteiger partial charge in [-0.1, -0.05) is 6.07 Å². The van der Waals surface area contributed by atoms with E-state index in [1.165, 1.54) is 11.5 Å². The number of carbonyl (C=O) groups is 1. The zero-order valence-electron chi connectivity index (χ0n) is 11.8. The van der Waals surface area contributed by atoms with Crippen LogP contribution in [0, 0.1) is 13.8 Å². The number of anilines is 1. The molecule has 0 aromatic carbocycles. The molecule has 2 rings (SSSR count). The molecule has 0 radical (unpaired) electrons. The predicted molar refractivity (Wildman–Crippen MR) is 79.1 cm³/mol. The second kappa shape index (κ2) is 6.47. The fraction of sp³-hybridized carbons (Fsp3) is 0.357. The van der Waals surface area contributed by atoms with Crippen molar-refractivity contribution in [1.29, 1.82) is 0 Å². The second-order valence-electron chi connectivity index (χ2n) is 4.35. The van der Waals surface area contributed by atoms with Crippen molar-refractivity contribution in [3.63, 3.8) is 0 Å². The van der Waals surface area contributed by atoms with Gasteiger partial charge in [-0.2, -0.15) is 4.37 Å². The van der Waals surface area contributed by atoms with Crippen LogP contribution in [0.25, 0.3) is 0 Å². The standard InChI is InChI=1S/C14H17N3O2S/c1-4-19-14(18)12-10(3)17-20-13(12)16-8-11-6-5-9(2)15-7-11/h5-7,16H,4,8H2,1-3H3. The van der Waals surface area contributed by atoms with Gasteiger partial charge in [-0.25, -0.2) is 4.79 Å². The summed E-state index contributed by atoms with van der Waals surface area (Å²) in [6.45, 7) is 6.50. The van der Waals surface area contributed by atoms with Crippen molar-refractivity contribution in [3.8, 4) is 0 Å². The Morgan fingerprint density at radius 2 is 2.20 bits per heavy atom. The molecule has 0 unspecified atom stereocenters. The SMILES string of the molecule is CCOC(=O)c1c(C)nsc1NCc1ccc(C)nc1. The minimum atomic E-state index is -0.330. The number of esters is 1. The first-order valence-corrected chi connectivity index (χ1v) is 7.18. The number of aryl methyl sites for hydroxylation is 2. The molecule has 0 saturated carbocycles. The third kappa shape index (κ3) is 3.33. The lowest BCUT2D eigenvalue weighted by molar-refractivity contribution is 0.0527. The van der Waals surface area contributed by atoms with Crippen LogP contribution in [-0.4, -0.2) is 21.9 Å². The molecule has 0 saturated heterocycles. The Balaban J connectivity index is 2.10. The summed E-state index contributed by atoms with van der Waals surface area (Å²) in [5.41, 5.74) is 3.25. The Bertz CT molecular complexity index is 593. The summed E-state index contributed by atoms with van der Waals surface area (Å²) in [7, 11) is 0. The quantitative estimate of drug-likeness (QED) is 0.858. The molecule has 0 amide bonds. The molecule has 106 valence electrons. The van der Waals surface area contributed by atoms with Crippen molar-refractivity contribution >= 4 is 22.5 Å². The Morgan fingerprint density at radius 3 is 2.85 bits per heavy atom. The second-order valence-corrected chi connectivity index (χ2v) is 5.13. The van der Waals surface area contributed by atoms with Crippen molar-refractivity contribution in [1.82, 2.24) is 9.36 Å². The number of nitrogens with zero attached hydrogens (tertiary/aromatic N) is 2. The number of rotatable bonds is 5. The van der Waals surface area contributed by atoms with Gasteiger partial charge in [-0.05, 0) is 43.9 Å². The molecule has 5 nitrogen and oxygen atoms in total. The van der Waals surface area contributed by atoms with Crippen molar-refractivity contribution < 1.29 is 9.53 Å². The van der Waals surface area contributed by atoms with Crippen molar-refractivity contribution in [3.05, 3.63) is 40.8 Å². The minimum Gasteiger partial charge on any atom is -0.462 e. The summed E-state index contributed by atoms with van der Waals surface area (Å²) in [4.78, 5) is 16.1. The zero-order valence-corrected chi connectivity index (χ0v) is 12.6. The monoisotopic (exact) mass is 291 g/mol. The van der Waals surface area contributed by atoms with E-state index in [4.69, 9.17) is 4.74 Å². The predicted octanol–water partition coefficient (Wildman–Crippen LogP) is 2.94. The molecule has 20 heavy (non-hydrogen) atoms. The number of hydrogen-bond donors (Lipinski definition) is 1. The maximum absolute atomic E-state index is 11.9. The van der Waals surface area contributed by atoms with Crippen LogP contribution in [0.4, 0.5) is 5.00 Å². The van der Waals surface area contributed by atoms with Gasteiger partial charge in [0, 0.05) is 18.4 Å². The maximum atomic E-state index is 11.9. The highest BCUT2D eigenvalue weighted by Gasteiger charge is 2.19. The Kier molecular flexibility index (Phi) is 4.68. The number of carbonyl (C=O) groups excluding carboxylic acids is 1. The lowest BCUT2D eigenvalue weighted by Gasteiger charge is -2.07. The molecule has 2 heterocycles. The van der Waals surface area contributed by atoms with Gasteiger partial charge < -0.3 is 10.1 Å². The molecular formula is C14H17N3O2S. The Hall–Kier alpha value is -1.95. The third-order valence-electron chi connectivity index (χ3n) is 2.77. The van der Waals surface area contributed by atoms with E-state index in [9.17, 15) is 4.79 Å². The minimum absolute atomic E-state index is 0.330. The normalized spacial score (nSPS) is 10.3. The zero-order chi connectivity index (χ0) is 14.5. The van der Waals surface area contributed by atoms with Crippen LogP contribution in [0.3, 0.4) is 0 Å². The molecule has 0 aliphatic heterocycles. The molecule has 0 fully saturated rings. The lowest BCUT2D eigenvalue weighted by atomic mass is 10.2. The van der Waals surface area contributed by atoms with Gasteiger partial charge >= 0.3 is 5.97 Å². The van der Waals surface area contributed by atoms with Crippen LogP contribution in [0.5, 0.6) is 0 Å². The van der Waals surface area contributed by atoms with Crippen molar-refractivity contribution in [2.24, 2.45) is 0 Å². The van der Waals surface area contributed by atoms with E-state index in [1.807, 2.05) is 25.3 Å². The van der Waals surface area contributed by atoms with Crippen LogP contribution in [0.2, 0.25) is 0 Å². The first kappa shape index (κ1) is 14.5. The highest BCUT2D eigenvalue weighted by Crippen LogP contribution is 2.25. The lowest BCUT2D eigenvalue weighted by Crippen LogP contribution is -2.09. The molecule has 0 aliphatic carbocycles. The van der Waals surface area contributed by atoms with Crippen LogP contribution in [0.1, 0.15) is 34.2 Å². The summed E-state index contributed by atoms with van der Waals surface area (Å²) in [6, 6.07) is 3.97. The van der Waals surface area contributed by atoms with Gasteiger partial charge in [-0.15, -0.1) is 0 Å². The highest BCUT2D eigenvalue weighted by molar-refractivity contribution is 7.10. The van der Waals surface area contributed by atoms with E-state index in [0.717, 1.165) is 16.3 Å². The van der Waals surface area contributed by atoms with Gasteiger partial charge in [0.2, 0.25) is 0 Å². The summed E-state index contributed by atoms with van der Waals surface area (Å²) in [5, 5.41) is 3.96. The molecular weight excluding hydrogens is 274 g/mol. The molecule has 1 N–H and O–H groups in total. The Morgan fingerprint density at radius 1 is 1.40 bits per heavy atom. The molecule has 2 aromatic rings. The third-order valence-corrected chi connectivity index (χ3v) is 3.66. The summed E-state index contributed by atoms with van der Waals surface area (Å²) in [5.74, 6) is -0.330. The molecule has 6 heteroatoms. The van der Waals surface area contributed by atoms with Gasteiger partial charge in [-0.3, -0.25) is 4.98 Å². The molecule has 0 atom stereocenters. The van der Waals surface area contributed by atoms with E-state index in [0.29, 0.717) is 24.4 Å². The van der Waals surface area contributed by atoms with Crippen molar-refractivity contribution in [2.75, 3.05) is 11.9 Å². The van der Waals surface area contributed by atoms with E-state index < -0.39 is 0 Å². The average molecular weight is 291 g/mol. The summed E-state index contributed by atoms with van der Waals surface area (Å²) < 4.78 is 9.26. The Labute approximate surface area is 122 Å². The van der Waals surface area contributed by atoms with Crippen LogP contribution < -0.4 is 5.32 Å². The summed E-state index contributed by atoms with van der Waals surface area (Å²) >= 11 is 1.27. The number of pyridine rings is 1. The van der Waals surface area contributed by atoms with Gasteiger partial charge in [0.1, 0.15) is 10.6 Å². The van der Waals surface area contributed by atoms with Gasteiger partial charge in [0.25, 0.3) is 0 Å².